The summed E-state index contributed by atoms with van der Waals surface area (Å²) in [6, 6.07) is 1.01. The number of carbonyl (C=O) groups is 1. The van der Waals surface area contributed by atoms with E-state index >= 15 is 0 Å². The minimum Gasteiger partial charge on any atom is -0.418 e. The van der Waals surface area contributed by atoms with E-state index in [-0.39, 0.29) is 6.10 Å². The van der Waals surface area contributed by atoms with E-state index in [0.29, 0.717) is 30.3 Å². The molecule has 8 heteroatoms. The lowest BCUT2D eigenvalue weighted by molar-refractivity contribution is -0.144. The van der Waals surface area contributed by atoms with Crippen LogP contribution in [0.1, 0.15) is 25.7 Å². The zero-order valence-corrected chi connectivity index (χ0v) is 9.74. The Morgan fingerprint density at radius 1 is 1.06 bits per heavy atom. The third-order valence-corrected chi connectivity index (χ3v) is 3.93. The number of piperidine rings is 4. The standard InChI is InChI=1S/C10H15NO2.BF4/c12-9-3-7-1-6-2-8(4-9)11(7)5-10(6)13;2-1(3,4)5/h6-9,12H,1-5H2;/q;-1/t6-,7+,8?,9?;/m0./s1. The van der Waals surface area contributed by atoms with Crippen molar-refractivity contribution >= 4 is 13.0 Å². The molecular formula is C10H15BF4NO2-. The monoisotopic (exact) mass is 268 g/mol. The van der Waals surface area contributed by atoms with Crippen LogP contribution in [-0.4, -0.2) is 47.8 Å². The molecule has 0 aliphatic carbocycles. The molecule has 4 bridgehead atoms. The predicted octanol–water partition coefficient (Wildman–Crippen LogP) is 1.47. The van der Waals surface area contributed by atoms with Crippen LogP contribution < -0.4 is 0 Å². The highest BCUT2D eigenvalue weighted by Crippen LogP contribution is 2.41. The molecule has 3 unspecified atom stereocenters. The first-order chi connectivity index (χ1) is 8.24. The quantitative estimate of drug-likeness (QED) is 0.534. The first-order valence-corrected chi connectivity index (χ1v) is 6.08. The lowest BCUT2D eigenvalue weighted by Gasteiger charge is -2.53. The fraction of sp³-hybridized carbons (Fsp3) is 0.900. The van der Waals surface area contributed by atoms with Crippen LogP contribution in [0.5, 0.6) is 0 Å². The van der Waals surface area contributed by atoms with Crippen molar-refractivity contribution in [1.82, 2.24) is 4.90 Å². The van der Waals surface area contributed by atoms with Gasteiger partial charge < -0.3 is 22.4 Å². The van der Waals surface area contributed by atoms with Crippen LogP contribution in [0.15, 0.2) is 0 Å². The molecule has 4 rings (SSSR count). The number of halogens is 4. The van der Waals surface area contributed by atoms with Crippen molar-refractivity contribution < 1.29 is 27.2 Å². The van der Waals surface area contributed by atoms with Gasteiger partial charge in [-0.25, -0.2) is 0 Å². The Morgan fingerprint density at radius 2 is 1.50 bits per heavy atom. The molecule has 0 aromatic carbocycles. The highest BCUT2D eigenvalue weighted by molar-refractivity contribution is 6.50. The van der Waals surface area contributed by atoms with Crippen molar-refractivity contribution in [3.63, 3.8) is 0 Å². The van der Waals surface area contributed by atoms with Gasteiger partial charge in [0.15, 0.2) is 0 Å². The van der Waals surface area contributed by atoms with Crippen LogP contribution in [0.3, 0.4) is 0 Å². The van der Waals surface area contributed by atoms with Gasteiger partial charge in [0.2, 0.25) is 0 Å². The fourth-order valence-corrected chi connectivity index (χ4v) is 3.34. The minimum absolute atomic E-state index is 0.111. The largest absolute Gasteiger partial charge is 0.673 e. The van der Waals surface area contributed by atoms with Gasteiger partial charge in [0.25, 0.3) is 0 Å². The van der Waals surface area contributed by atoms with Gasteiger partial charge in [-0.2, -0.15) is 0 Å². The molecule has 0 spiro atoms. The van der Waals surface area contributed by atoms with Crippen LogP contribution in [0.2, 0.25) is 0 Å². The molecule has 104 valence electrons. The van der Waals surface area contributed by atoms with Crippen molar-refractivity contribution in [3.8, 4) is 0 Å². The number of rotatable bonds is 0. The molecule has 1 N–H and O–H groups in total. The zero-order valence-electron chi connectivity index (χ0n) is 9.74. The van der Waals surface area contributed by atoms with Crippen LogP contribution in [-0.2, 0) is 4.79 Å². The van der Waals surface area contributed by atoms with E-state index in [1.165, 1.54) is 0 Å². The van der Waals surface area contributed by atoms with Crippen molar-refractivity contribution in [2.45, 2.75) is 43.9 Å². The second-order valence-corrected chi connectivity index (χ2v) is 5.23. The summed E-state index contributed by atoms with van der Waals surface area (Å²) in [6.45, 7) is 0.659. The molecule has 4 aliphatic heterocycles. The second-order valence-electron chi connectivity index (χ2n) is 5.23. The first-order valence-electron chi connectivity index (χ1n) is 6.08. The molecule has 4 saturated heterocycles. The Balaban J connectivity index is 0.000000209. The number of carbonyl (C=O) groups excluding carboxylic acids is 1. The average Bonchev–Trinajstić information content (AvgIpc) is 2.15. The van der Waals surface area contributed by atoms with Gasteiger partial charge in [0, 0.05) is 18.0 Å². The summed E-state index contributed by atoms with van der Waals surface area (Å²) < 4.78 is 39.0. The maximum atomic E-state index is 11.5. The Kier molecular flexibility index (Phi) is 3.69. The summed E-state index contributed by atoms with van der Waals surface area (Å²) in [4.78, 5) is 13.8. The number of fused-ring (bicyclic) bond motifs is 1. The number of ketones is 1. The number of nitrogens with zero attached hydrogens (tertiary/aromatic N) is 1. The lowest BCUT2D eigenvalue weighted by atomic mass is 9.72. The van der Waals surface area contributed by atoms with E-state index in [0.717, 1.165) is 25.7 Å². The third kappa shape index (κ3) is 3.23. The van der Waals surface area contributed by atoms with Gasteiger partial charge in [-0.3, -0.25) is 9.69 Å². The molecule has 0 aromatic rings. The first kappa shape index (κ1) is 13.8. The van der Waals surface area contributed by atoms with E-state index in [1.54, 1.807) is 0 Å². The van der Waals surface area contributed by atoms with Gasteiger partial charge in [0.1, 0.15) is 5.78 Å². The zero-order chi connectivity index (χ0) is 13.5. The summed E-state index contributed by atoms with van der Waals surface area (Å²) in [5.74, 6) is 0.761. The lowest BCUT2D eigenvalue weighted by Crippen LogP contribution is -2.62. The molecule has 3 nitrogen and oxygen atoms in total. The highest BCUT2D eigenvalue weighted by Gasteiger charge is 2.48. The summed E-state index contributed by atoms with van der Waals surface area (Å²) in [7, 11) is -6.00. The van der Waals surface area contributed by atoms with Crippen molar-refractivity contribution in [1.29, 1.82) is 0 Å². The van der Waals surface area contributed by atoms with Crippen LogP contribution in [0.25, 0.3) is 0 Å². The van der Waals surface area contributed by atoms with Crippen LogP contribution >= 0.6 is 0 Å². The molecular weight excluding hydrogens is 253 g/mol. The summed E-state index contributed by atoms with van der Waals surface area (Å²) in [6.07, 6.45) is 3.68. The topological polar surface area (TPSA) is 40.5 Å². The van der Waals surface area contributed by atoms with Gasteiger partial charge in [0.05, 0.1) is 12.6 Å². The van der Waals surface area contributed by atoms with Crippen molar-refractivity contribution in [2.24, 2.45) is 5.92 Å². The Labute approximate surface area is 102 Å². The second kappa shape index (κ2) is 4.81. The van der Waals surface area contributed by atoms with E-state index in [9.17, 15) is 27.2 Å². The van der Waals surface area contributed by atoms with E-state index in [4.69, 9.17) is 0 Å². The molecule has 4 aliphatic rings. The maximum Gasteiger partial charge on any atom is 0.673 e. The van der Waals surface area contributed by atoms with Crippen molar-refractivity contribution in [2.75, 3.05) is 6.54 Å². The molecule has 5 atom stereocenters. The molecule has 4 fully saturated rings. The van der Waals surface area contributed by atoms with Gasteiger partial charge >= 0.3 is 7.25 Å². The maximum absolute atomic E-state index is 11.5. The molecule has 0 amide bonds. The van der Waals surface area contributed by atoms with Gasteiger partial charge in [-0.05, 0) is 25.7 Å². The number of aliphatic hydroxyl groups excluding tert-OH is 1. The van der Waals surface area contributed by atoms with E-state index in [1.807, 2.05) is 0 Å². The van der Waals surface area contributed by atoms with E-state index in [2.05, 4.69) is 4.90 Å². The summed E-state index contributed by atoms with van der Waals surface area (Å²) in [5.41, 5.74) is 0. The normalized spacial score (nSPS) is 42.3. The molecule has 0 radical (unpaired) electrons. The Bertz CT molecular complexity index is 316. The number of Topliss-reactive ketones (excluding diaryl/α,β-unsaturated/α-hetero) is 1. The molecule has 18 heavy (non-hydrogen) atoms. The van der Waals surface area contributed by atoms with Gasteiger partial charge in [-0.15, -0.1) is 0 Å². The van der Waals surface area contributed by atoms with Crippen LogP contribution in [0, 0.1) is 5.92 Å². The Hall–Kier alpha value is -0.625. The fourth-order valence-electron chi connectivity index (χ4n) is 3.34. The SMILES string of the molecule is F[B-](F)(F)F.O=C1CN2C3CC(O)C[C@H]2C[C@H]1C3. The predicted molar refractivity (Wildman–Crippen MR) is 57.4 cm³/mol. The average molecular weight is 268 g/mol. The van der Waals surface area contributed by atoms with Crippen molar-refractivity contribution in [3.05, 3.63) is 0 Å². The highest BCUT2D eigenvalue weighted by atomic mass is 19.5. The molecule has 4 heterocycles. The molecule has 0 aromatic heterocycles. The third-order valence-electron chi connectivity index (χ3n) is 3.93. The summed E-state index contributed by atoms with van der Waals surface area (Å²) >= 11 is 0. The Morgan fingerprint density at radius 3 is 1.89 bits per heavy atom. The summed E-state index contributed by atoms with van der Waals surface area (Å²) in [5, 5.41) is 9.60. The number of hydrogen-bond donors (Lipinski definition) is 1. The number of aliphatic hydroxyl groups is 1. The molecule has 0 saturated carbocycles. The minimum atomic E-state index is -6.00. The van der Waals surface area contributed by atoms with Crippen LogP contribution in [0.4, 0.5) is 17.3 Å². The van der Waals surface area contributed by atoms with E-state index < -0.39 is 7.25 Å². The van der Waals surface area contributed by atoms with Gasteiger partial charge in [-0.1, -0.05) is 0 Å². The smallest absolute Gasteiger partial charge is 0.418 e. The number of hydrogen-bond acceptors (Lipinski definition) is 3.